The molecular formula is C28H26ClN3O6. The van der Waals surface area contributed by atoms with E-state index in [-0.39, 0.29) is 19.1 Å². The summed E-state index contributed by atoms with van der Waals surface area (Å²) in [6.45, 7) is 1.04. The molecule has 3 aliphatic rings. The van der Waals surface area contributed by atoms with Gasteiger partial charge in [-0.3, -0.25) is 4.79 Å². The molecule has 38 heavy (non-hydrogen) atoms. The minimum atomic E-state index is -0.681. The second-order valence-corrected chi connectivity index (χ2v) is 10.1. The van der Waals surface area contributed by atoms with Gasteiger partial charge in [-0.2, -0.15) is 5.26 Å². The van der Waals surface area contributed by atoms with Crippen LogP contribution < -0.4 is 4.74 Å². The van der Waals surface area contributed by atoms with Crippen LogP contribution in [-0.4, -0.2) is 83.3 Å². The molecule has 3 aromatic rings. The largest absolute Gasteiger partial charge is 0.469 e. The highest BCUT2D eigenvalue weighted by molar-refractivity contribution is 6.34. The molecule has 2 aromatic carbocycles. The second-order valence-electron chi connectivity index (χ2n) is 9.69. The summed E-state index contributed by atoms with van der Waals surface area (Å²) in [5.41, 5.74) is 4.95. The molecule has 3 aliphatic heterocycles. The van der Waals surface area contributed by atoms with Crippen molar-refractivity contribution >= 4 is 34.0 Å². The summed E-state index contributed by atoms with van der Waals surface area (Å²) in [5.74, 6) is 0.0606. The van der Waals surface area contributed by atoms with Crippen molar-refractivity contribution in [3.05, 3.63) is 58.6 Å². The van der Waals surface area contributed by atoms with Gasteiger partial charge in [0.2, 0.25) is 11.8 Å². The Morgan fingerprint density at radius 3 is 2.66 bits per heavy atom. The van der Waals surface area contributed by atoms with E-state index in [9.17, 15) is 15.2 Å². The summed E-state index contributed by atoms with van der Waals surface area (Å²) in [7, 11) is 0. The predicted molar refractivity (Wildman–Crippen MR) is 140 cm³/mol. The van der Waals surface area contributed by atoms with E-state index >= 15 is 0 Å². The number of amides is 1. The van der Waals surface area contributed by atoms with Crippen LogP contribution in [0.5, 0.6) is 5.88 Å². The highest BCUT2D eigenvalue weighted by atomic mass is 35.5. The van der Waals surface area contributed by atoms with Crippen LogP contribution in [0.2, 0.25) is 5.02 Å². The van der Waals surface area contributed by atoms with Gasteiger partial charge in [-0.15, -0.1) is 0 Å². The van der Waals surface area contributed by atoms with Crippen molar-refractivity contribution in [1.82, 2.24) is 9.88 Å². The van der Waals surface area contributed by atoms with Crippen LogP contribution in [0.1, 0.15) is 17.5 Å². The van der Waals surface area contributed by atoms with Crippen LogP contribution in [0.3, 0.4) is 0 Å². The van der Waals surface area contributed by atoms with Crippen molar-refractivity contribution in [2.75, 3.05) is 32.9 Å². The molecule has 196 valence electrons. The van der Waals surface area contributed by atoms with Crippen LogP contribution in [0, 0.1) is 11.3 Å². The first-order valence-electron chi connectivity index (χ1n) is 12.5. The average Bonchev–Trinajstić information content (AvgIpc) is 3.62. The first kappa shape index (κ1) is 24.9. The number of benzene rings is 2. The monoisotopic (exact) mass is 535 g/mol. The molecule has 6 rings (SSSR count). The summed E-state index contributed by atoms with van der Waals surface area (Å²) in [6.07, 6.45) is 0.790. The van der Waals surface area contributed by atoms with Crippen molar-refractivity contribution in [3.8, 4) is 23.1 Å². The third-order valence-corrected chi connectivity index (χ3v) is 7.79. The van der Waals surface area contributed by atoms with Crippen LogP contribution in [-0.2, 0) is 14.3 Å². The lowest BCUT2D eigenvalue weighted by atomic mass is 9.96. The fourth-order valence-electron chi connectivity index (χ4n) is 5.43. The molecule has 3 N–H and O–H groups in total. The number of hydrogen-bond donors (Lipinski definition) is 3. The molecule has 10 heteroatoms. The molecule has 1 aromatic heterocycles. The van der Waals surface area contributed by atoms with Gasteiger partial charge in [0.1, 0.15) is 36.6 Å². The molecule has 2 fully saturated rings. The molecule has 0 bridgehead atoms. The number of carbonyl (C=O) groups is 1. The summed E-state index contributed by atoms with van der Waals surface area (Å²) < 4.78 is 17.4. The average molecular weight is 536 g/mol. The normalized spacial score (nSPS) is 24.8. The lowest BCUT2D eigenvalue weighted by Crippen LogP contribution is -2.36. The van der Waals surface area contributed by atoms with Gasteiger partial charge in [0, 0.05) is 24.0 Å². The molecule has 2 unspecified atom stereocenters. The fraction of sp³-hybridized carbons (Fsp3) is 0.357. The second kappa shape index (κ2) is 10.1. The van der Waals surface area contributed by atoms with Gasteiger partial charge in [-0.1, -0.05) is 41.9 Å². The zero-order valence-corrected chi connectivity index (χ0v) is 21.1. The van der Waals surface area contributed by atoms with Crippen LogP contribution >= 0.6 is 11.6 Å². The third-order valence-electron chi connectivity index (χ3n) is 7.48. The van der Waals surface area contributed by atoms with Gasteiger partial charge in [0.25, 0.3) is 0 Å². The van der Waals surface area contributed by atoms with E-state index in [1.54, 1.807) is 11.0 Å². The first-order valence-corrected chi connectivity index (χ1v) is 12.9. The van der Waals surface area contributed by atoms with E-state index in [0.717, 1.165) is 22.3 Å². The minimum Gasteiger partial charge on any atom is -0.469 e. The van der Waals surface area contributed by atoms with E-state index in [2.05, 4.69) is 11.1 Å². The zero-order valence-electron chi connectivity index (χ0n) is 20.4. The third kappa shape index (κ3) is 4.34. The van der Waals surface area contributed by atoms with Crippen molar-refractivity contribution < 1.29 is 29.2 Å². The molecule has 1 amide bonds. The van der Waals surface area contributed by atoms with Crippen molar-refractivity contribution in [2.24, 2.45) is 0 Å². The summed E-state index contributed by atoms with van der Waals surface area (Å²) in [6, 6.07) is 13.9. The minimum absolute atomic E-state index is 0.198. The molecule has 0 spiro atoms. The number of halogens is 1. The van der Waals surface area contributed by atoms with Gasteiger partial charge in [-0.25, -0.2) is 0 Å². The number of aromatic amines is 1. The highest BCUT2D eigenvalue weighted by Gasteiger charge is 2.48. The van der Waals surface area contributed by atoms with Gasteiger partial charge in [0.15, 0.2) is 6.10 Å². The molecule has 0 saturated carbocycles. The number of ether oxygens (including phenoxy) is 3. The summed E-state index contributed by atoms with van der Waals surface area (Å²) in [4.78, 5) is 16.5. The molecule has 4 atom stereocenters. The number of aliphatic hydroxyl groups excluding tert-OH is 2. The van der Waals surface area contributed by atoms with E-state index in [1.807, 2.05) is 36.4 Å². The Hall–Kier alpha value is -3.39. The quantitative estimate of drug-likeness (QED) is 0.458. The Morgan fingerprint density at radius 2 is 1.95 bits per heavy atom. The van der Waals surface area contributed by atoms with E-state index in [4.69, 9.17) is 30.9 Å². The molecule has 2 saturated heterocycles. The maximum Gasteiger partial charge on any atom is 0.248 e. The van der Waals surface area contributed by atoms with Crippen LogP contribution in [0.15, 0.2) is 42.5 Å². The van der Waals surface area contributed by atoms with E-state index < -0.39 is 31.0 Å². The van der Waals surface area contributed by atoms with E-state index in [1.165, 1.54) is 0 Å². The van der Waals surface area contributed by atoms with Gasteiger partial charge >= 0.3 is 0 Å². The lowest BCUT2D eigenvalue weighted by molar-refractivity contribution is -0.133. The molecule has 4 heterocycles. The number of aliphatic hydroxyl groups is 2. The Morgan fingerprint density at radius 1 is 1.18 bits per heavy atom. The number of nitrogens with zero attached hydrogens (tertiary/aromatic N) is 2. The van der Waals surface area contributed by atoms with Crippen molar-refractivity contribution in [3.63, 3.8) is 0 Å². The van der Waals surface area contributed by atoms with Crippen LogP contribution in [0.4, 0.5) is 0 Å². The maximum absolute atomic E-state index is 11.7. The molecular weight excluding hydrogens is 510 g/mol. The predicted octanol–water partition coefficient (Wildman–Crippen LogP) is 2.87. The maximum atomic E-state index is 11.7. The lowest BCUT2D eigenvalue weighted by Gasteiger charge is -2.26. The van der Waals surface area contributed by atoms with E-state index in [0.29, 0.717) is 46.9 Å². The van der Waals surface area contributed by atoms with Crippen molar-refractivity contribution in [1.29, 1.82) is 5.26 Å². The molecule has 9 nitrogen and oxygen atoms in total. The Kier molecular flexibility index (Phi) is 6.60. The Labute approximate surface area is 223 Å². The van der Waals surface area contributed by atoms with Crippen molar-refractivity contribution in [2.45, 2.75) is 30.8 Å². The van der Waals surface area contributed by atoms with Gasteiger partial charge < -0.3 is 34.3 Å². The highest BCUT2D eigenvalue weighted by Crippen LogP contribution is 2.38. The van der Waals surface area contributed by atoms with Gasteiger partial charge in [0.05, 0.1) is 23.8 Å². The standard InChI is InChI=1S/C28H26ClN3O6/c29-21-10-22-19(20(11-30)28(31-22)38-24-14-37-26-23(34)13-36-27(24)26)9-18(21)17-3-1-15(2-4-17)16-5-7-32(8-6-16)25(35)12-33/h1-5,9-10,23-24,26-27,31,33-34H,6-8,12-14H2/t23-,24-,26?,27?/m1/s1. The topological polar surface area (TPSA) is 128 Å². The Balaban J connectivity index is 1.25. The number of rotatable bonds is 5. The summed E-state index contributed by atoms with van der Waals surface area (Å²) in [5, 5.41) is 30.2. The Bertz CT molecular complexity index is 1460. The number of H-pyrrole nitrogens is 1. The van der Waals surface area contributed by atoms with Gasteiger partial charge in [-0.05, 0) is 35.3 Å². The number of hydrogen-bond acceptors (Lipinski definition) is 7. The smallest absolute Gasteiger partial charge is 0.248 e. The number of carbonyl (C=O) groups excluding carboxylic acids is 1. The molecule has 0 aliphatic carbocycles. The molecule has 0 radical (unpaired) electrons. The SMILES string of the molecule is N#Cc1c(O[C@@H]2COC3C2OC[C@H]3O)[nH]c2cc(Cl)c(-c3ccc(C4=CCN(C(=O)CO)CC4)cc3)cc12. The number of nitrogens with one attached hydrogen (secondary N) is 1. The fourth-order valence-corrected chi connectivity index (χ4v) is 5.70. The number of aromatic nitrogens is 1. The number of nitriles is 1. The summed E-state index contributed by atoms with van der Waals surface area (Å²) >= 11 is 6.67. The first-order chi connectivity index (χ1) is 18.5. The van der Waals surface area contributed by atoms with Crippen LogP contribution in [0.25, 0.3) is 27.6 Å². The number of fused-ring (bicyclic) bond motifs is 2. The zero-order chi connectivity index (χ0) is 26.4.